The summed E-state index contributed by atoms with van der Waals surface area (Å²) in [6.45, 7) is 3.00. The summed E-state index contributed by atoms with van der Waals surface area (Å²) < 4.78 is 1.75. The minimum absolute atomic E-state index is 0.0941. The number of aromatic nitrogens is 3. The Morgan fingerprint density at radius 3 is 3.12 bits per heavy atom. The summed E-state index contributed by atoms with van der Waals surface area (Å²) in [5.41, 5.74) is 0.569. The minimum atomic E-state index is -0.0941. The second kappa shape index (κ2) is 4.61. The first-order valence-electron chi connectivity index (χ1n) is 5.48. The second-order valence-electron chi connectivity index (χ2n) is 4.11. The molecule has 16 heavy (non-hydrogen) atoms. The van der Waals surface area contributed by atoms with Crippen molar-refractivity contribution in [2.24, 2.45) is 0 Å². The maximum Gasteiger partial charge on any atom is 0.219 e. The van der Waals surface area contributed by atoms with Crippen molar-refractivity contribution in [1.82, 2.24) is 19.9 Å². The van der Waals surface area contributed by atoms with Crippen LogP contribution in [-0.4, -0.2) is 44.0 Å². The smallest absolute Gasteiger partial charge is 0.219 e. The van der Waals surface area contributed by atoms with E-state index in [1.54, 1.807) is 17.8 Å². The van der Waals surface area contributed by atoms with Crippen molar-refractivity contribution >= 4 is 5.91 Å². The number of hydrogen-bond acceptors (Lipinski definition) is 4. The van der Waals surface area contributed by atoms with Gasteiger partial charge in [0.25, 0.3) is 0 Å². The third-order valence-electron chi connectivity index (χ3n) is 2.94. The van der Waals surface area contributed by atoms with Crippen LogP contribution in [0.15, 0.2) is 6.20 Å². The monoisotopic (exact) mass is 224 g/mol. The molecule has 1 fully saturated rings. The standard InChI is InChI=1S/C10H16N4O2/c1-8(16)13-4-2-3-10(6-13)14-5-9(7-15)11-12-14/h5,10,15H,2-4,6-7H2,1H3. The van der Waals surface area contributed by atoms with Gasteiger partial charge in [-0.05, 0) is 12.8 Å². The molecule has 1 amide bonds. The van der Waals surface area contributed by atoms with Crippen molar-refractivity contribution in [3.05, 3.63) is 11.9 Å². The summed E-state index contributed by atoms with van der Waals surface area (Å²) in [6, 6.07) is 0.186. The molecule has 2 rings (SSSR count). The molecule has 1 aliphatic heterocycles. The molecule has 0 saturated carbocycles. The molecule has 0 aromatic carbocycles. The fourth-order valence-corrected chi connectivity index (χ4v) is 2.02. The summed E-state index contributed by atoms with van der Waals surface area (Å²) >= 11 is 0. The largest absolute Gasteiger partial charge is 0.390 e. The van der Waals surface area contributed by atoms with Gasteiger partial charge in [0, 0.05) is 20.0 Å². The Morgan fingerprint density at radius 2 is 2.50 bits per heavy atom. The average Bonchev–Trinajstić information content (AvgIpc) is 2.77. The van der Waals surface area contributed by atoms with E-state index in [-0.39, 0.29) is 18.6 Å². The molecule has 1 atom stereocenters. The maximum atomic E-state index is 11.3. The van der Waals surface area contributed by atoms with Gasteiger partial charge >= 0.3 is 0 Å². The Bertz CT molecular complexity index is 377. The molecule has 0 spiro atoms. The number of piperidine rings is 1. The first-order valence-corrected chi connectivity index (χ1v) is 5.48. The normalized spacial score (nSPS) is 21.1. The van der Waals surface area contributed by atoms with E-state index in [1.807, 2.05) is 4.90 Å². The number of carbonyl (C=O) groups is 1. The van der Waals surface area contributed by atoms with Crippen molar-refractivity contribution in [2.45, 2.75) is 32.4 Å². The summed E-state index contributed by atoms with van der Waals surface area (Å²) in [6.07, 6.45) is 3.73. The first-order chi connectivity index (χ1) is 7.70. The maximum absolute atomic E-state index is 11.3. The van der Waals surface area contributed by atoms with Gasteiger partial charge < -0.3 is 10.0 Å². The number of likely N-dealkylation sites (tertiary alicyclic amines) is 1. The second-order valence-corrected chi connectivity index (χ2v) is 4.11. The van der Waals surface area contributed by atoms with Gasteiger partial charge in [-0.25, -0.2) is 4.68 Å². The number of aliphatic hydroxyl groups excluding tert-OH is 1. The van der Waals surface area contributed by atoms with Crippen molar-refractivity contribution in [3.63, 3.8) is 0 Å². The van der Waals surface area contributed by atoms with Crippen LogP contribution < -0.4 is 0 Å². The Labute approximate surface area is 93.9 Å². The zero-order chi connectivity index (χ0) is 11.5. The number of rotatable bonds is 2. The van der Waals surface area contributed by atoms with Gasteiger partial charge in [0.2, 0.25) is 5.91 Å². The fourth-order valence-electron chi connectivity index (χ4n) is 2.02. The molecule has 0 radical (unpaired) electrons. The number of nitrogens with zero attached hydrogens (tertiary/aromatic N) is 4. The lowest BCUT2D eigenvalue weighted by molar-refractivity contribution is -0.130. The summed E-state index contributed by atoms with van der Waals surface area (Å²) in [5, 5.41) is 16.7. The zero-order valence-electron chi connectivity index (χ0n) is 9.33. The van der Waals surface area contributed by atoms with Crippen LogP contribution in [0.4, 0.5) is 0 Å². The molecule has 1 N–H and O–H groups in total. The quantitative estimate of drug-likeness (QED) is 0.764. The van der Waals surface area contributed by atoms with Crippen LogP contribution in [0.25, 0.3) is 0 Å². The Kier molecular flexibility index (Phi) is 3.19. The number of carbonyl (C=O) groups excluding carboxylic acids is 1. The van der Waals surface area contributed by atoms with E-state index >= 15 is 0 Å². The van der Waals surface area contributed by atoms with Crippen LogP contribution in [0.3, 0.4) is 0 Å². The third kappa shape index (κ3) is 2.21. The highest BCUT2D eigenvalue weighted by Crippen LogP contribution is 2.20. The van der Waals surface area contributed by atoms with Gasteiger partial charge in [0.05, 0.1) is 18.8 Å². The molecular formula is C10H16N4O2. The molecule has 1 unspecified atom stereocenters. The van der Waals surface area contributed by atoms with Crippen LogP contribution in [0.1, 0.15) is 31.5 Å². The summed E-state index contributed by atoms with van der Waals surface area (Å²) in [7, 11) is 0. The molecule has 6 heteroatoms. The molecular weight excluding hydrogens is 208 g/mol. The van der Waals surface area contributed by atoms with Crippen molar-refractivity contribution < 1.29 is 9.90 Å². The molecule has 1 aromatic heterocycles. The molecule has 1 aromatic rings. The van der Waals surface area contributed by atoms with Gasteiger partial charge in [-0.2, -0.15) is 0 Å². The van der Waals surface area contributed by atoms with Crippen molar-refractivity contribution in [2.75, 3.05) is 13.1 Å². The molecule has 2 heterocycles. The van der Waals surface area contributed by atoms with E-state index in [2.05, 4.69) is 10.3 Å². The molecule has 1 aliphatic rings. The van der Waals surface area contributed by atoms with Crippen molar-refractivity contribution in [3.8, 4) is 0 Å². The summed E-state index contributed by atoms with van der Waals surface area (Å²) in [4.78, 5) is 13.1. The molecule has 88 valence electrons. The lowest BCUT2D eigenvalue weighted by Crippen LogP contribution is -2.39. The molecule has 0 bridgehead atoms. The third-order valence-corrected chi connectivity index (χ3v) is 2.94. The van der Waals surface area contributed by atoms with Crippen LogP contribution in [0, 0.1) is 0 Å². The topological polar surface area (TPSA) is 71.2 Å². The lowest BCUT2D eigenvalue weighted by Gasteiger charge is -2.31. The zero-order valence-corrected chi connectivity index (χ0v) is 9.33. The predicted octanol–water partition coefficient (Wildman–Crippen LogP) is -0.0462. The highest BCUT2D eigenvalue weighted by molar-refractivity contribution is 5.73. The number of aliphatic hydroxyl groups is 1. The molecule has 0 aliphatic carbocycles. The van der Waals surface area contributed by atoms with Gasteiger partial charge in [-0.3, -0.25) is 4.79 Å². The van der Waals surface area contributed by atoms with E-state index in [0.29, 0.717) is 12.2 Å². The van der Waals surface area contributed by atoms with Gasteiger partial charge in [0.1, 0.15) is 5.69 Å². The van der Waals surface area contributed by atoms with E-state index in [4.69, 9.17) is 5.11 Å². The SMILES string of the molecule is CC(=O)N1CCCC(n2cc(CO)nn2)C1. The van der Waals surface area contributed by atoms with Crippen LogP contribution >= 0.6 is 0 Å². The Hall–Kier alpha value is -1.43. The van der Waals surface area contributed by atoms with Crippen LogP contribution in [0.5, 0.6) is 0 Å². The van der Waals surface area contributed by atoms with E-state index in [1.165, 1.54) is 0 Å². The molecule has 1 saturated heterocycles. The van der Waals surface area contributed by atoms with Crippen LogP contribution in [0.2, 0.25) is 0 Å². The summed E-state index contributed by atoms with van der Waals surface area (Å²) in [5.74, 6) is 0.104. The Morgan fingerprint density at radius 1 is 1.69 bits per heavy atom. The van der Waals surface area contributed by atoms with Crippen molar-refractivity contribution in [1.29, 1.82) is 0 Å². The number of amides is 1. The van der Waals surface area contributed by atoms with E-state index < -0.39 is 0 Å². The highest BCUT2D eigenvalue weighted by Gasteiger charge is 2.23. The Balaban J connectivity index is 2.06. The first kappa shape index (κ1) is 11.1. The van der Waals surface area contributed by atoms with Crippen LogP contribution in [-0.2, 0) is 11.4 Å². The highest BCUT2D eigenvalue weighted by atomic mass is 16.3. The predicted molar refractivity (Wildman–Crippen MR) is 56.5 cm³/mol. The lowest BCUT2D eigenvalue weighted by atomic mass is 10.1. The number of hydrogen-bond donors (Lipinski definition) is 1. The fraction of sp³-hybridized carbons (Fsp3) is 0.700. The average molecular weight is 224 g/mol. The van der Waals surface area contributed by atoms with E-state index in [0.717, 1.165) is 19.4 Å². The van der Waals surface area contributed by atoms with E-state index in [9.17, 15) is 4.79 Å². The van der Waals surface area contributed by atoms with Gasteiger partial charge in [0.15, 0.2) is 0 Å². The van der Waals surface area contributed by atoms with Gasteiger partial charge in [-0.1, -0.05) is 5.21 Å². The molecule has 6 nitrogen and oxygen atoms in total. The minimum Gasteiger partial charge on any atom is -0.390 e. The van der Waals surface area contributed by atoms with Gasteiger partial charge in [-0.15, -0.1) is 5.10 Å².